The zero-order valence-corrected chi connectivity index (χ0v) is 36.2. The van der Waals surface area contributed by atoms with Crippen molar-refractivity contribution < 1.29 is 38.8 Å². The Labute approximate surface area is 376 Å². The number of benzene rings is 5. The number of carbonyl (C=O) groups is 3. The molecule has 0 spiro atoms. The van der Waals surface area contributed by atoms with Gasteiger partial charge >= 0.3 is 12.1 Å². The molecule has 5 N–H and O–H groups in total. The van der Waals surface area contributed by atoms with Crippen molar-refractivity contribution in [3.8, 4) is 11.5 Å². The van der Waals surface area contributed by atoms with E-state index >= 15 is 0 Å². The van der Waals surface area contributed by atoms with E-state index in [0.29, 0.717) is 40.3 Å². The molecule has 0 saturated carbocycles. The number of aliphatic hydroxyl groups is 1. The highest BCUT2D eigenvalue weighted by Gasteiger charge is 2.37. The molecule has 3 fully saturated rings. The predicted octanol–water partition coefficient (Wildman–Crippen LogP) is 6.47. The molecule has 3 aliphatic rings. The first kappa shape index (κ1) is 44.6. The Morgan fingerprint density at radius 1 is 0.846 bits per heavy atom. The molecule has 65 heavy (non-hydrogen) atoms. The van der Waals surface area contributed by atoms with E-state index in [2.05, 4.69) is 20.5 Å². The van der Waals surface area contributed by atoms with Crippen LogP contribution in [0.1, 0.15) is 73.5 Å². The van der Waals surface area contributed by atoms with Crippen LogP contribution in [0, 0.1) is 5.92 Å². The van der Waals surface area contributed by atoms with Crippen LogP contribution in [0.15, 0.2) is 132 Å². The molecule has 5 aromatic carbocycles. The Morgan fingerprint density at radius 3 is 2.38 bits per heavy atom. The Bertz CT molecular complexity index is 2670. The number of nitrogens with one attached hydrogen (secondary N) is 3. The van der Waals surface area contributed by atoms with Crippen molar-refractivity contribution in [2.45, 2.75) is 44.2 Å². The van der Waals surface area contributed by atoms with Gasteiger partial charge in [0.1, 0.15) is 30.8 Å². The summed E-state index contributed by atoms with van der Waals surface area (Å²) in [5, 5.41) is 27.9. The maximum atomic E-state index is 13.3. The van der Waals surface area contributed by atoms with Gasteiger partial charge in [-0.3, -0.25) is 14.5 Å². The van der Waals surface area contributed by atoms with Crippen LogP contribution in [0.3, 0.4) is 0 Å². The second kappa shape index (κ2) is 20.7. The lowest BCUT2D eigenvalue weighted by molar-refractivity contribution is -0.0336. The third kappa shape index (κ3) is 11.2. The number of fused-ring (bicyclic) bond motifs is 4. The largest absolute Gasteiger partial charge is 0.506 e. The number of ether oxygens (including phenoxy) is 3. The molecule has 1 aromatic heterocycles. The number of phenolic OH excluding ortho intramolecular Hbond substituents is 1. The first-order valence-electron chi connectivity index (χ1n) is 21.9. The average Bonchev–Trinajstić information content (AvgIpc) is 3.33. The summed E-state index contributed by atoms with van der Waals surface area (Å²) in [5.74, 6) is 0.196. The number of aromatic amines is 1. The molecule has 1 unspecified atom stereocenters. The minimum atomic E-state index is -0.924. The van der Waals surface area contributed by atoms with Crippen LogP contribution in [0.5, 0.6) is 11.5 Å². The molecule has 3 saturated heterocycles. The molecule has 0 aliphatic carbocycles. The Hall–Kier alpha value is -7.00. The number of rotatable bonds is 17. The molecule has 14 heteroatoms. The van der Waals surface area contributed by atoms with Crippen molar-refractivity contribution in [1.29, 1.82) is 0 Å². The van der Waals surface area contributed by atoms with Crippen LogP contribution in [0.25, 0.3) is 10.9 Å². The van der Waals surface area contributed by atoms with Crippen LogP contribution in [-0.2, 0) is 22.6 Å². The van der Waals surface area contributed by atoms with Crippen LogP contribution < -0.4 is 20.9 Å². The summed E-state index contributed by atoms with van der Waals surface area (Å²) in [6.45, 7) is 3.89. The average molecular weight is 880 g/mol. The standard InChI is InChI=1S/C51H53N5O9/c1-55(49(60)39-11-5-7-34(27-39)29-52-30-44(58)41-17-19-43(57)48-42(41)18-20-46(59)53-48)25-26-63-50(61)37-15-13-33(14-16-37)32-64-40-12-6-10-38(28-40)47(36-8-3-2-4-9-36)54-51(62)65-45-31-56-23-21-35(45)22-24-56/h2-20,27-28,35,44-45,47,52,57-58H,21-26,29-32H2,1H3,(H,53,59)(H,54,62)/t44-,45+,47?/m1/s1. The number of H-pyrrole nitrogens is 1. The monoisotopic (exact) mass is 879 g/mol. The number of nitrogens with zero attached hydrogens (tertiary/aromatic N) is 2. The third-order valence-electron chi connectivity index (χ3n) is 12.1. The minimum absolute atomic E-state index is 0.00248. The van der Waals surface area contributed by atoms with E-state index < -0.39 is 24.2 Å². The number of hydrogen-bond donors (Lipinski definition) is 5. The Morgan fingerprint density at radius 2 is 1.62 bits per heavy atom. The fourth-order valence-electron chi connectivity index (χ4n) is 8.53. The summed E-state index contributed by atoms with van der Waals surface area (Å²) >= 11 is 0. The Balaban J connectivity index is 0.785. The quantitative estimate of drug-likeness (QED) is 0.0633. The molecule has 9 rings (SSSR count). The van der Waals surface area contributed by atoms with Crippen LogP contribution in [0.4, 0.5) is 4.79 Å². The van der Waals surface area contributed by atoms with E-state index in [9.17, 15) is 29.4 Å². The van der Waals surface area contributed by atoms with Crippen molar-refractivity contribution in [3.63, 3.8) is 0 Å². The van der Waals surface area contributed by atoms with E-state index in [-0.39, 0.29) is 55.1 Å². The van der Waals surface area contributed by atoms with Gasteiger partial charge in [-0.25, -0.2) is 9.59 Å². The fourth-order valence-corrected chi connectivity index (χ4v) is 8.53. The van der Waals surface area contributed by atoms with Crippen LogP contribution in [-0.4, -0.2) is 95.4 Å². The van der Waals surface area contributed by atoms with Crippen molar-refractivity contribution in [2.75, 3.05) is 46.4 Å². The highest BCUT2D eigenvalue weighted by Crippen LogP contribution is 2.32. The molecule has 0 radical (unpaired) electrons. The number of amides is 2. The molecule has 3 aliphatic heterocycles. The van der Waals surface area contributed by atoms with Gasteiger partial charge in [-0.1, -0.05) is 72.8 Å². The van der Waals surface area contributed by atoms with Gasteiger partial charge in [0.05, 0.1) is 29.8 Å². The minimum Gasteiger partial charge on any atom is -0.506 e. The third-order valence-corrected chi connectivity index (χ3v) is 12.1. The molecular weight excluding hydrogens is 827 g/mol. The number of alkyl carbamates (subject to hydrolysis) is 1. The van der Waals surface area contributed by atoms with Gasteiger partial charge in [0.15, 0.2) is 0 Å². The van der Waals surface area contributed by atoms with Crippen molar-refractivity contribution >= 4 is 28.9 Å². The lowest BCUT2D eigenvalue weighted by Crippen LogP contribution is -2.52. The van der Waals surface area contributed by atoms with Gasteiger partial charge in [0.2, 0.25) is 5.56 Å². The lowest BCUT2D eigenvalue weighted by Gasteiger charge is -2.43. The van der Waals surface area contributed by atoms with Crippen LogP contribution in [0.2, 0.25) is 0 Å². The first-order valence-corrected chi connectivity index (χ1v) is 21.9. The van der Waals surface area contributed by atoms with Gasteiger partial charge in [-0.05, 0) is 108 Å². The highest BCUT2D eigenvalue weighted by atomic mass is 16.6. The SMILES string of the molecule is CN(CCOC(=O)c1ccc(COc2cccc(C(NC(=O)O[C@H]3CN4CCC3CC4)c3ccccc3)c2)cc1)C(=O)c1cccc(CNC[C@@H](O)c2ccc(O)c3[nH]c(=O)ccc23)c1. The molecule has 2 bridgehead atoms. The second-order valence-corrected chi connectivity index (χ2v) is 16.6. The van der Waals surface area contributed by atoms with Gasteiger partial charge in [0.25, 0.3) is 5.91 Å². The van der Waals surface area contributed by atoms with Gasteiger partial charge in [-0.2, -0.15) is 0 Å². The number of pyridine rings is 1. The molecule has 6 aromatic rings. The van der Waals surface area contributed by atoms with E-state index in [1.165, 1.54) is 17.0 Å². The molecule has 4 heterocycles. The topological polar surface area (TPSA) is 183 Å². The maximum Gasteiger partial charge on any atom is 0.408 e. The van der Waals surface area contributed by atoms with E-state index in [4.69, 9.17) is 14.2 Å². The Kier molecular flexibility index (Phi) is 14.2. The fraction of sp³-hybridized carbons (Fsp3) is 0.294. The molecular formula is C51H53N5O9. The smallest absolute Gasteiger partial charge is 0.408 e. The molecule has 2 amide bonds. The summed E-state index contributed by atoms with van der Waals surface area (Å²) < 4.78 is 17.7. The van der Waals surface area contributed by atoms with E-state index in [1.807, 2.05) is 60.7 Å². The summed E-state index contributed by atoms with van der Waals surface area (Å²) in [5.41, 5.74) is 4.73. The van der Waals surface area contributed by atoms with E-state index in [1.54, 1.807) is 61.6 Å². The van der Waals surface area contributed by atoms with Crippen LogP contribution >= 0.6 is 0 Å². The lowest BCUT2D eigenvalue weighted by atomic mass is 9.86. The maximum absolute atomic E-state index is 13.3. The first-order chi connectivity index (χ1) is 31.6. The summed E-state index contributed by atoms with van der Waals surface area (Å²) in [6.07, 6.45) is 0.646. The summed E-state index contributed by atoms with van der Waals surface area (Å²) in [4.78, 5) is 57.7. The number of aromatic hydroxyl groups is 1. The van der Waals surface area contributed by atoms with Gasteiger partial charge in [-0.15, -0.1) is 0 Å². The zero-order chi connectivity index (χ0) is 45.3. The molecule has 14 nitrogen and oxygen atoms in total. The van der Waals surface area contributed by atoms with Gasteiger partial charge in [0, 0.05) is 43.7 Å². The number of hydrogen-bond acceptors (Lipinski definition) is 11. The predicted molar refractivity (Wildman–Crippen MR) is 245 cm³/mol. The number of esters is 1. The second-order valence-electron chi connectivity index (χ2n) is 16.6. The number of aromatic nitrogens is 1. The zero-order valence-electron chi connectivity index (χ0n) is 36.2. The van der Waals surface area contributed by atoms with Crippen molar-refractivity contribution in [2.24, 2.45) is 5.92 Å². The number of piperidine rings is 3. The molecule has 3 atom stereocenters. The molecule has 336 valence electrons. The number of carbonyl (C=O) groups excluding carboxylic acids is 3. The van der Waals surface area contributed by atoms with E-state index in [0.717, 1.165) is 54.7 Å². The normalized spacial score (nSPS) is 17.5. The van der Waals surface area contributed by atoms with Crippen molar-refractivity contribution in [1.82, 2.24) is 25.4 Å². The van der Waals surface area contributed by atoms with Gasteiger partial charge < -0.3 is 44.9 Å². The van der Waals surface area contributed by atoms with Crippen molar-refractivity contribution in [3.05, 3.63) is 177 Å². The number of phenols is 1. The number of aliphatic hydroxyl groups excluding tert-OH is 1. The highest BCUT2D eigenvalue weighted by molar-refractivity contribution is 5.94. The number of likely N-dealkylation sites (N-methyl/N-ethyl adjacent to an activating group) is 1. The summed E-state index contributed by atoms with van der Waals surface area (Å²) in [6, 6.07) is 37.0. The summed E-state index contributed by atoms with van der Waals surface area (Å²) in [7, 11) is 1.64.